The zero-order valence-electron chi connectivity index (χ0n) is 11.4. The fraction of sp³-hybridized carbons (Fsp3) is 0.312. The number of nitrogens with two attached hydrogens (primary N) is 1. The van der Waals surface area contributed by atoms with Gasteiger partial charge in [0.2, 0.25) is 0 Å². The first-order valence-electron chi connectivity index (χ1n) is 6.55. The molecule has 0 bridgehead atoms. The highest BCUT2D eigenvalue weighted by Crippen LogP contribution is 2.32. The monoisotopic (exact) mass is 256 g/mol. The third-order valence-electron chi connectivity index (χ3n) is 3.46. The van der Waals surface area contributed by atoms with Crippen LogP contribution >= 0.6 is 0 Å². The van der Waals surface area contributed by atoms with E-state index in [4.69, 9.17) is 10.5 Å². The molecular formula is C16H20N2O. The summed E-state index contributed by atoms with van der Waals surface area (Å²) in [5.74, 6) is 1.03. The Bertz CT molecular complexity index is 513. The average Bonchev–Trinajstić information content (AvgIpc) is 2.49. The lowest BCUT2D eigenvalue weighted by Crippen LogP contribution is -2.19. The molecule has 0 amide bonds. The summed E-state index contributed by atoms with van der Waals surface area (Å²) in [5.41, 5.74) is 8.68. The zero-order valence-corrected chi connectivity index (χ0v) is 11.4. The molecule has 0 aliphatic heterocycles. The van der Waals surface area contributed by atoms with Crippen molar-refractivity contribution in [2.45, 2.75) is 25.3 Å². The maximum Gasteiger partial charge on any atom is 0.137 e. The summed E-state index contributed by atoms with van der Waals surface area (Å²) in [5, 5.41) is 0. The highest BCUT2D eigenvalue weighted by atomic mass is 16.5. The summed E-state index contributed by atoms with van der Waals surface area (Å²) in [7, 11) is 1.64. The van der Waals surface area contributed by atoms with E-state index in [1.165, 1.54) is 5.56 Å². The minimum atomic E-state index is -0.0741. The van der Waals surface area contributed by atoms with Crippen LogP contribution in [-0.2, 0) is 0 Å². The molecule has 2 rings (SSSR count). The second-order valence-corrected chi connectivity index (χ2v) is 4.61. The molecule has 1 aromatic carbocycles. The van der Waals surface area contributed by atoms with Gasteiger partial charge in [0.15, 0.2) is 0 Å². The van der Waals surface area contributed by atoms with E-state index in [1.54, 1.807) is 13.3 Å². The van der Waals surface area contributed by atoms with Crippen LogP contribution in [0.25, 0.3) is 0 Å². The summed E-state index contributed by atoms with van der Waals surface area (Å²) in [6.45, 7) is 2.16. The number of methoxy groups -OCH3 is 1. The number of pyridine rings is 1. The lowest BCUT2D eigenvalue weighted by Gasteiger charge is -2.23. The largest absolute Gasteiger partial charge is 0.495 e. The number of aromatic nitrogens is 1. The third kappa shape index (κ3) is 3.12. The molecule has 2 atom stereocenters. The first kappa shape index (κ1) is 13.6. The molecule has 1 aromatic heterocycles. The molecule has 1 heterocycles. The predicted octanol–water partition coefficient (Wildman–Crippen LogP) is 3.28. The van der Waals surface area contributed by atoms with E-state index in [0.717, 1.165) is 17.7 Å². The zero-order chi connectivity index (χ0) is 13.7. The molecule has 0 radical (unpaired) electrons. The van der Waals surface area contributed by atoms with Crippen LogP contribution < -0.4 is 10.5 Å². The molecule has 0 aliphatic rings. The number of hydrogen-bond acceptors (Lipinski definition) is 3. The van der Waals surface area contributed by atoms with Crippen LogP contribution in [0.4, 0.5) is 0 Å². The van der Waals surface area contributed by atoms with Crippen LogP contribution in [-0.4, -0.2) is 12.1 Å². The van der Waals surface area contributed by atoms with Crippen molar-refractivity contribution in [3.8, 4) is 5.75 Å². The van der Waals surface area contributed by atoms with Crippen LogP contribution in [0.1, 0.15) is 36.4 Å². The van der Waals surface area contributed by atoms with Gasteiger partial charge in [0.05, 0.1) is 13.3 Å². The fourth-order valence-corrected chi connectivity index (χ4v) is 2.36. The molecule has 19 heavy (non-hydrogen) atoms. The number of rotatable bonds is 5. The van der Waals surface area contributed by atoms with Crippen molar-refractivity contribution in [1.82, 2.24) is 4.98 Å². The van der Waals surface area contributed by atoms with Crippen molar-refractivity contribution in [2.75, 3.05) is 7.11 Å². The van der Waals surface area contributed by atoms with Gasteiger partial charge in [-0.3, -0.25) is 4.98 Å². The molecule has 0 saturated heterocycles. The van der Waals surface area contributed by atoms with Gasteiger partial charge >= 0.3 is 0 Å². The molecule has 2 N–H and O–H groups in total. The topological polar surface area (TPSA) is 48.1 Å². The Labute approximate surface area is 114 Å². The van der Waals surface area contributed by atoms with Gasteiger partial charge in [0, 0.05) is 18.2 Å². The Morgan fingerprint density at radius 2 is 1.89 bits per heavy atom. The molecule has 0 spiro atoms. The van der Waals surface area contributed by atoms with Crippen LogP contribution in [0.5, 0.6) is 5.75 Å². The van der Waals surface area contributed by atoms with Crippen molar-refractivity contribution in [2.24, 2.45) is 5.73 Å². The molecule has 2 aromatic rings. The second-order valence-electron chi connectivity index (χ2n) is 4.61. The summed E-state index contributed by atoms with van der Waals surface area (Å²) in [4.78, 5) is 4.18. The number of nitrogens with zero attached hydrogens (tertiary/aromatic N) is 1. The number of hydrogen-bond donors (Lipinski definition) is 1. The van der Waals surface area contributed by atoms with Crippen molar-refractivity contribution >= 4 is 0 Å². The first-order valence-corrected chi connectivity index (χ1v) is 6.55. The van der Waals surface area contributed by atoms with Gasteiger partial charge in [-0.1, -0.05) is 37.3 Å². The minimum absolute atomic E-state index is 0.0741. The third-order valence-corrected chi connectivity index (χ3v) is 3.46. The van der Waals surface area contributed by atoms with Gasteiger partial charge in [0.25, 0.3) is 0 Å². The summed E-state index contributed by atoms with van der Waals surface area (Å²) >= 11 is 0. The maximum atomic E-state index is 6.41. The van der Waals surface area contributed by atoms with Gasteiger partial charge < -0.3 is 10.5 Å². The van der Waals surface area contributed by atoms with Gasteiger partial charge in [-0.25, -0.2) is 0 Å². The molecule has 0 aliphatic carbocycles. The predicted molar refractivity (Wildman–Crippen MR) is 77.2 cm³/mol. The molecule has 100 valence electrons. The SMILES string of the molecule is CCC(c1ccccc1)C(N)c1cncc(OC)c1. The Kier molecular flexibility index (Phi) is 4.53. The highest BCUT2D eigenvalue weighted by Gasteiger charge is 2.20. The van der Waals surface area contributed by atoms with E-state index in [9.17, 15) is 0 Å². The van der Waals surface area contributed by atoms with Crippen molar-refractivity contribution in [3.63, 3.8) is 0 Å². The quantitative estimate of drug-likeness (QED) is 0.893. The smallest absolute Gasteiger partial charge is 0.137 e. The van der Waals surface area contributed by atoms with Gasteiger partial charge in [-0.2, -0.15) is 0 Å². The average molecular weight is 256 g/mol. The van der Waals surface area contributed by atoms with Crippen molar-refractivity contribution < 1.29 is 4.74 Å². The lowest BCUT2D eigenvalue weighted by molar-refractivity contribution is 0.410. The maximum absolute atomic E-state index is 6.41. The summed E-state index contributed by atoms with van der Waals surface area (Å²) in [6, 6.07) is 12.3. The van der Waals surface area contributed by atoms with E-state index < -0.39 is 0 Å². The van der Waals surface area contributed by atoms with Crippen LogP contribution in [0.3, 0.4) is 0 Å². The Morgan fingerprint density at radius 3 is 2.53 bits per heavy atom. The summed E-state index contributed by atoms with van der Waals surface area (Å²) in [6.07, 6.45) is 4.50. The van der Waals surface area contributed by atoms with Gasteiger partial charge in [-0.05, 0) is 23.6 Å². The Balaban J connectivity index is 2.27. The second kappa shape index (κ2) is 6.34. The van der Waals surface area contributed by atoms with Crippen LogP contribution in [0.2, 0.25) is 0 Å². The van der Waals surface area contributed by atoms with E-state index in [0.29, 0.717) is 0 Å². The first-order chi connectivity index (χ1) is 9.26. The Morgan fingerprint density at radius 1 is 1.16 bits per heavy atom. The standard InChI is InChI=1S/C16H20N2O/c1-3-15(12-7-5-4-6-8-12)16(17)13-9-14(19-2)11-18-10-13/h4-11,15-16H,3,17H2,1-2H3. The molecule has 3 nitrogen and oxygen atoms in total. The van der Waals surface area contributed by atoms with E-state index in [1.807, 2.05) is 18.3 Å². The van der Waals surface area contributed by atoms with Crippen molar-refractivity contribution in [3.05, 3.63) is 59.9 Å². The van der Waals surface area contributed by atoms with Crippen molar-refractivity contribution in [1.29, 1.82) is 0 Å². The van der Waals surface area contributed by atoms with Gasteiger partial charge in [0.1, 0.15) is 5.75 Å². The van der Waals surface area contributed by atoms with Crippen LogP contribution in [0.15, 0.2) is 48.8 Å². The molecule has 3 heteroatoms. The lowest BCUT2D eigenvalue weighted by atomic mass is 9.86. The van der Waals surface area contributed by atoms with E-state index in [2.05, 4.69) is 36.2 Å². The summed E-state index contributed by atoms with van der Waals surface area (Å²) < 4.78 is 5.21. The molecule has 2 unspecified atom stereocenters. The fourth-order valence-electron chi connectivity index (χ4n) is 2.36. The molecular weight excluding hydrogens is 236 g/mol. The Hall–Kier alpha value is -1.87. The molecule has 0 saturated carbocycles. The number of ether oxygens (including phenoxy) is 1. The minimum Gasteiger partial charge on any atom is -0.495 e. The van der Waals surface area contributed by atoms with Crippen LogP contribution in [0, 0.1) is 0 Å². The highest BCUT2D eigenvalue weighted by molar-refractivity contribution is 5.30. The normalized spacial score (nSPS) is 13.8. The van der Waals surface area contributed by atoms with E-state index >= 15 is 0 Å². The number of benzene rings is 1. The van der Waals surface area contributed by atoms with Gasteiger partial charge in [-0.15, -0.1) is 0 Å². The molecule has 0 fully saturated rings. The van der Waals surface area contributed by atoms with E-state index in [-0.39, 0.29) is 12.0 Å².